The molecular weight excluding hydrogens is 251 g/mol. The highest BCUT2D eigenvalue weighted by Gasteiger charge is 2.03. The Hall–Kier alpha value is -1.16. The quantitative estimate of drug-likeness (QED) is 0.762. The summed E-state index contributed by atoms with van der Waals surface area (Å²) >= 11 is 2.68. The first kappa shape index (κ1) is 10.9. The van der Waals surface area contributed by atoms with Crippen LogP contribution in [0.25, 0.3) is 6.08 Å². The third kappa shape index (κ3) is 2.96. The monoisotopic (exact) mass is 258 g/mol. The number of halogens is 2. The number of methoxy groups -OCH3 is 1. The third-order valence-corrected chi connectivity index (χ3v) is 1.84. The highest BCUT2D eigenvalue weighted by molar-refractivity contribution is 9.11. The zero-order valence-electron chi connectivity index (χ0n) is 7.46. The van der Waals surface area contributed by atoms with E-state index in [1.165, 1.54) is 13.2 Å². The van der Waals surface area contributed by atoms with Crippen LogP contribution in [0.3, 0.4) is 0 Å². The Kier molecular flexibility index (Phi) is 3.83. The molecule has 0 aromatic heterocycles. The fourth-order valence-corrected chi connectivity index (χ4v) is 1.22. The van der Waals surface area contributed by atoms with Gasteiger partial charge in [0.25, 0.3) is 0 Å². The molecule has 0 aliphatic carbocycles. The van der Waals surface area contributed by atoms with E-state index in [-0.39, 0.29) is 0 Å². The van der Waals surface area contributed by atoms with Crippen LogP contribution in [0.4, 0.5) is 4.39 Å². The second-order valence-electron chi connectivity index (χ2n) is 2.55. The van der Waals surface area contributed by atoms with Gasteiger partial charge < -0.3 is 4.74 Å². The molecule has 2 nitrogen and oxygen atoms in total. The Morgan fingerprint density at radius 3 is 2.43 bits per heavy atom. The van der Waals surface area contributed by atoms with E-state index in [0.717, 1.165) is 0 Å². The van der Waals surface area contributed by atoms with Crippen molar-refractivity contribution in [1.29, 1.82) is 0 Å². The van der Waals surface area contributed by atoms with Crippen molar-refractivity contribution in [3.8, 4) is 0 Å². The van der Waals surface area contributed by atoms with Gasteiger partial charge in [-0.15, -0.1) is 0 Å². The van der Waals surface area contributed by atoms with Gasteiger partial charge in [0.2, 0.25) is 0 Å². The minimum absolute atomic E-state index is 0.403. The minimum Gasteiger partial charge on any atom is -0.465 e. The highest BCUT2D eigenvalue weighted by atomic mass is 79.9. The maximum Gasteiger partial charge on any atom is 0.337 e. The predicted molar refractivity (Wildman–Crippen MR) is 55.8 cm³/mol. The van der Waals surface area contributed by atoms with Crippen LogP contribution >= 0.6 is 15.9 Å². The number of ether oxygens (including phenoxy) is 1. The predicted octanol–water partition coefficient (Wildman–Crippen LogP) is 3.14. The zero-order valence-corrected chi connectivity index (χ0v) is 9.05. The molecule has 1 aromatic rings. The number of carbonyl (C=O) groups is 1. The van der Waals surface area contributed by atoms with Gasteiger partial charge in [0.1, 0.15) is 0 Å². The largest absolute Gasteiger partial charge is 0.465 e. The molecule has 1 rings (SSSR count). The van der Waals surface area contributed by atoms with Gasteiger partial charge in [-0.25, -0.2) is 4.79 Å². The van der Waals surface area contributed by atoms with Crippen LogP contribution < -0.4 is 0 Å². The van der Waals surface area contributed by atoms with Crippen molar-refractivity contribution in [2.45, 2.75) is 0 Å². The molecule has 1 aromatic carbocycles. The first-order chi connectivity index (χ1) is 6.63. The summed E-state index contributed by atoms with van der Waals surface area (Å²) < 4.78 is 16.5. The molecule has 0 radical (unpaired) electrons. The molecule has 74 valence electrons. The van der Waals surface area contributed by atoms with Gasteiger partial charge in [0, 0.05) is 0 Å². The molecular formula is C10H8BrFO2. The van der Waals surface area contributed by atoms with Gasteiger partial charge in [-0.05, 0) is 39.7 Å². The lowest BCUT2D eigenvalue weighted by Crippen LogP contribution is -2.00. The van der Waals surface area contributed by atoms with Gasteiger partial charge >= 0.3 is 5.97 Å². The molecule has 0 atom stereocenters. The summed E-state index contributed by atoms with van der Waals surface area (Å²) in [5, 5.41) is 0. The summed E-state index contributed by atoms with van der Waals surface area (Å²) in [7, 11) is 1.31. The molecule has 0 unspecified atom stereocenters. The summed E-state index contributed by atoms with van der Waals surface area (Å²) in [5.41, 5.74) is 1.12. The third-order valence-electron chi connectivity index (χ3n) is 1.61. The van der Waals surface area contributed by atoms with Gasteiger partial charge in [0.05, 0.1) is 12.7 Å². The second-order valence-corrected chi connectivity index (χ2v) is 3.31. The minimum atomic E-state index is -0.455. The molecule has 0 fully saturated rings. The standard InChI is InChI=1S/C10H8BrFO2/c1-14-10(13)8-4-2-7(3-5-8)6-9(11)12/h2-6H,1H3/b9-6-. The number of benzene rings is 1. The van der Waals surface area contributed by atoms with Crippen molar-refractivity contribution < 1.29 is 13.9 Å². The molecule has 0 saturated heterocycles. The van der Waals surface area contributed by atoms with E-state index in [1.807, 2.05) is 0 Å². The SMILES string of the molecule is COC(=O)c1ccc(/C=C(\F)Br)cc1. The van der Waals surface area contributed by atoms with Crippen LogP contribution in [0.15, 0.2) is 29.0 Å². The molecule has 0 heterocycles. The highest BCUT2D eigenvalue weighted by Crippen LogP contribution is 2.14. The number of hydrogen-bond donors (Lipinski definition) is 0. The zero-order chi connectivity index (χ0) is 10.6. The number of rotatable bonds is 2. The molecule has 0 spiro atoms. The summed E-state index contributed by atoms with van der Waals surface area (Å²) in [6.07, 6.45) is 1.31. The van der Waals surface area contributed by atoms with E-state index in [4.69, 9.17) is 0 Å². The van der Waals surface area contributed by atoms with Crippen LogP contribution in [0, 0.1) is 0 Å². The van der Waals surface area contributed by atoms with Crippen molar-refractivity contribution in [3.05, 3.63) is 40.1 Å². The molecule has 14 heavy (non-hydrogen) atoms. The Bertz CT molecular complexity index is 353. The van der Waals surface area contributed by atoms with E-state index in [0.29, 0.717) is 11.1 Å². The summed E-state index contributed by atoms with van der Waals surface area (Å²) in [5.74, 6) is -0.403. The number of carbonyl (C=O) groups excluding carboxylic acids is 1. The average molecular weight is 259 g/mol. The van der Waals surface area contributed by atoms with Crippen molar-refractivity contribution >= 4 is 28.0 Å². The summed E-state index contributed by atoms with van der Waals surface area (Å²) in [6, 6.07) is 6.42. The smallest absolute Gasteiger partial charge is 0.337 e. The topological polar surface area (TPSA) is 26.3 Å². The average Bonchev–Trinajstić information content (AvgIpc) is 2.17. The van der Waals surface area contributed by atoms with Gasteiger partial charge in [0.15, 0.2) is 4.74 Å². The van der Waals surface area contributed by atoms with E-state index in [1.54, 1.807) is 24.3 Å². The molecule has 0 N–H and O–H groups in total. The van der Waals surface area contributed by atoms with Crippen molar-refractivity contribution in [2.24, 2.45) is 0 Å². The lowest BCUT2D eigenvalue weighted by molar-refractivity contribution is 0.0601. The van der Waals surface area contributed by atoms with Gasteiger partial charge in [-0.2, -0.15) is 4.39 Å². The molecule has 4 heteroatoms. The lowest BCUT2D eigenvalue weighted by atomic mass is 10.1. The fourth-order valence-electron chi connectivity index (χ4n) is 0.959. The molecule has 0 aliphatic heterocycles. The molecule has 0 aliphatic rings. The maximum absolute atomic E-state index is 12.4. The first-order valence-corrected chi connectivity index (χ1v) is 4.64. The Balaban J connectivity index is 2.89. The number of hydrogen-bond acceptors (Lipinski definition) is 2. The molecule has 0 amide bonds. The van der Waals surface area contributed by atoms with Gasteiger partial charge in [-0.3, -0.25) is 0 Å². The van der Waals surface area contributed by atoms with E-state index >= 15 is 0 Å². The van der Waals surface area contributed by atoms with Crippen LogP contribution in [0.5, 0.6) is 0 Å². The Labute approximate surface area is 89.5 Å². The normalized spacial score (nSPS) is 11.2. The van der Waals surface area contributed by atoms with Crippen molar-refractivity contribution in [3.63, 3.8) is 0 Å². The van der Waals surface area contributed by atoms with Crippen LogP contribution in [0.2, 0.25) is 0 Å². The van der Waals surface area contributed by atoms with E-state index in [2.05, 4.69) is 20.7 Å². The first-order valence-electron chi connectivity index (χ1n) is 3.84. The maximum atomic E-state index is 12.4. The van der Waals surface area contributed by atoms with Crippen molar-refractivity contribution in [1.82, 2.24) is 0 Å². The second kappa shape index (κ2) is 4.91. The van der Waals surface area contributed by atoms with Crippen LogP contribution in [-0.4, -0.2) is 13.1 Å². The Morgan fingerprint density at radius 2 is 2.00 bits per heavy atom. The van der Waals surface area contributed by atoms with E-state index < -0.39 is 10.7 Å². The molecule has 0 bridgehead atoms. The van der Waals surface area contributed by atoms with E-state index in [9.17, 15) is 9.18 Å². The van der Waals surface area contributed by atoms with Crippen molar-refractivity contribution in [2.75, 3.05) is 7.11 Å². The van der Waals surface area contributed by atoms with Crippen LogP contribution in [0.1, 0.15) is 15.9 Å². The fraction of sp³-hybridized carbons (Fsp3) is 0.100. The van der Waals surface area contributed by atoms with Crippen LogP contribution in [-0.2, 0) is 4.74 Å². The number of esters is 1. The summed E-state index contributed by atoms with van der Waals surface area (Å²) in [6.45, 7) is 0. The Morgan fingerprint density at radius 1 is 1.43 bits per heavy atom. The summed E-state index contributed by atoms with van der Waals surface area (Å²) in [4.78, 5) is 11.0. The van der Waals surface area contributed by atoms with Gasteiger partial charge in [-0.1, -0.05) is 12.1 Å². The lowest BCUT2D eigenvalue weighted by Gasteiger charge is -1.98. The molecule has 0 saturated carbocycles.